The Kier molecular flexibility index (Phi) is 2.77. The number of benzene rings is 1. The van der Waals surface area contributed by atoms with E-state index in [0.29, 0.717) is 22.9 Å². The number of aromatic nitrogens is 2. The summed E-state index contributed by atoms with van der Waals surface area (Å²) in [5, 5.41) is 10.1. The van der Waals surface area contributed by atoms with Crippen molar-refractivity contribution >= 4 is 11.9 Å². The Morgan fingerprint density at radius 1 is 1.42 bits per heavy atom. The number of rotatable bonds is 3. The summed E-state index contributed by atoms with van der Waals surface area (Å²) in [5.41, 5.74) is 0.766. The molecular formula is C13H12FN3O2. The zero-order valence-corrected chi connectivity index (χ0v) is 10.3. The number of amides is 1. The number of hydrogen-bond acceptors (Lipinski definition) is 4. The van der Waals surface area contributed by atoms with Gasteiger partial charge in [0, 0.05) is 11.5 Å². The van der Waals surface area contributed by atoms with Crippen LogP contribution in [0.5, 0.6) is 0 Å². The molecule has 2 aromatic rings. The van der Waals surface area contributed by atoms with Gasteiger partial charge in [0.15, 0.2) is 0 Å². The fourth-order valence-corrected chi connectivity index (χ4v) is 1.74. The van der Waals surface area contributed by atoms with Crippen LogP contribution in [0.4, 0.5) is 10.4 Å². The third kappa shape index (κ3) is 2.47. The van der Waals surface area contributed by atoms with E-state index in [1.54, 1.807) is 6.92 Å². The van der Waals surface area contributed by atoms with Crippen LogP contribution < -0.4 is 5.32 Å². The third-order valence-electron chi connectivity index (χ3n) is 3.01. The van der Waals surface area contributed by atoms with Crippen LogP contribution in [0.1, 0.15) is 40.6 Å². The van der Waals surface area contributed by atoms with Gasteiger partial charge in [-0.25, -0.2) is 4.39 Å². The normalized spacial score (nSPS) is 14.4. The van der Waals surface area contributed by atoms with Crippen molar-refractivity contribution in [2.45, 2.75) is 25.7 Å². The van der Waals surface area contributed by atoms with Gasteiger partial charge in [0.25, 0.3) is 5.91 Å². The van der Waals surface area contributed by atoms with E-state index in [0.717, 1.165) is 12.8 Å². The van der Waals surface area contributed by atoms with Gasteiger partial charge in [0.05, 0.1) is 0 Å². The largest absolute Gasteiger partial charge is 0.408 e. The standard InChI is InChI=1S/C13H12FN3O2/c1-7-6-9(4-5-10(7)14)11(18)15-13-17-16-12(19-13)8-2-3-8/h4-6,8H,2-3H2,1H3,(H,15,17,18). The first-order chi connectivity index (χ1) is 9.13. The lowest BCUT2D eigenvalue weighted by Gasteiger charge is -2.02. The summed E-state index contributed by atoms with van der Waals surface area (Å²) in [7, 11) is 0. The van der Waals surface area contributed by atoms with E-state index in [9.17, 15) is 9.18 Å². The van der Waals surface area contributed by atoms with Crippen LogP contribution in [0.25, 0.3) is 0 Å². The number of nitrogens with one attached hydrogen (secondary N) is 1. The van der Waals surface area contributed by atoms with Gasteiger partial charge in [-0.2, -0.15) is 0 Å². The van der Waals surface area contributed by atoms with Crippen LogP contribution in [0, 0.1) is 12.7 Å². The second-order valence-electron chi connectivity index (χ2n) is 4.64. The first-order valence-electron chi connectivity index (χ1n) is 6.04. The number of halogens is 1. The maximum absolute atomic E-state index is 13.1. The van der Waals surface area contributed by atoms with Crippen molar-refractivity contribution in [2.24, 2.45) is 0 Å². The predicted molar refractivity (Wildman–Crippen MR) is 65.4 cm³/mol. The lowest BCUT2D eigenvalue weighted by Crippen LogP contribution is -2.12. The molecular weight excluding hydrogens is 249 g/mol. The Balaban J connectivity index is 1.74. The SMILES string of the molecule is Cc1cc(C(=O)Nc2nnc(C3CC3)o2)ccc1F. The van der Waals surface area contributed by atoms with Crippen LogP contribution in [-0.4, -0.2) is 16.1 Å². The molecule has 1 aromatic carbocycles. The summed E-state index contributed by atoms with van der Waals surface area (Å²) in [6, 6.07) is 4.22. The molecule has 5 nitrogen and oxygen atoms in total. The molecule has 0 aliphatic heterocycles. The number of anilines is 1. The van der Waals surface area contributed by atoms with E-state index >= 15 is 0 Å². The summed E-state index contributed by atoms with van der Waals surface area (Å²) in [5.74, 6) is 0.163. The van der Waals surface area contributed by atoms with Crippen LogP contribution in [0.15, 0.2) is 22.6 Å². The summed E-state index contributed by atoms with van der Waals surface area (Å²) in [4.78, 5) is 11.9. The topological polar surface area (TPSA) is 68.0 Å². The van der Waals surface area contributed by atoms with E-state index in [1.807, 2.05) is 0 Å². The fourth-order valence-electron chi connectivity index (χ4n) is 1.74. The average Bonchev–Trinajstić information content (AvgIpc) is 3.14. The molecule has 0 unspecified atom stereocenters. The molecule has 1 aromatic heterocycles. The monoisotopic (exact) mass is 261 g/mol. The van der Waals surface area contributed by atoms with Gasteiger partial charge in [-0.05, 0) is 43.5 Å². The van der Waals surface area contributed by atoms with Gasteiger partial charge in [0.2, 0.25) is 5.89 Å². The van der Waals surface area contributed by atoms with Gasteiger partial charge in [0.1, 0.15) is 5.82 Å². The molecule has 1 N–H and O–H groups in total. The molecule has 1 aliphatic carbocycles. The molecule has 0 atom stereocenters. The molecule has 1 aliphatic rings. The second kappa shape index (κ2) is 4.46. The maximum Gasteiger partial charge on any atom is 0.322 e. The Hall–Kier alpha value is -2.24. The lowest BCUT2D eigenvalue weighted by molar-refractivity contribution is 0.102. The summed E-state index contributed by atoms with van der Waals surface area (Å²) < 4.78 is 18.4. The van der Waals surface area contributed by atoms with E-state index in [-0.39, 0.29) is 11.8 Å². The fraction of sp³-hybridized carbons (Fsp3) is 0.308. The van der Waals surface area contributed by atoms with Crippen LogP contribution in [-0.2, 0) is 0 Å². The molecule has 19 heavy (non-hydrogen) atoms. The highest BCUT2D eigenvalue weighted by Crippen LogP contribution is 2.39. The van der Waals surface area contributed by atoms with Crippen molar-refractivity contribution in [1.82, 2.24) is 10.2 Å². The minimum absolute atomic E-state index is 0.0777. The van der Waals surface area contributed by atoms with E-state index in [4.69, 9.17) is 4.42 Å². The van der Waals surface area contributed by atoms with Gasteiger partial charge in [-0.1, -0.05) is 5.10 Å². The molecule has 6 heteroatoms. The smallest absolute Gasteiger partial charge is 0.322 e. The number of carbonyl (C=O) groups excluding carboxylic acids is 1. The minimum atomic E-state index is -0.394. The zero-order valence-electron chi connectivity index (χ0n) is 10.3. The van der Waals surface area contributed by atoms with Crippen LogP contribution in [0.3, 0.4) is 0 Å². The lowest BCUT2D eigenvalue weighted by atomic mass is 10.1. The van der Waals surface area contributed by atoms with Crippen molar-refractivity contribution in [3.05, 3.63) is 41.0 Å². The summed E-state index contributed by atoms with van der Waals surface area (Å²) >= 11 is 0. The van der Waals surface area contributed by atoms with Crippen molar-refractivity contribution in [1.29, 1.82) is 0 Å². The van der Waals surface area contributed by atoms with Crippen molar-refractivity contribution in [2.75, 3.05) is 5.32 Å². The molecule has 1 fully saturated rings. The molecule has 98 valence electrons. The Morgan fingerprint density at radius 3 is 2.89 bits per heavy atom. The van der Waals surface area contributed by atoms with E-state index < -0.39 is 5.91 Å². The molecule has 1 saturated carbocycles. The van der Waals surface area contributed by atoms with Crippen molar-refractivity contribution in [3.8, 4) is 0 Å². The quantitative estimate of drug-likeness (QED) is 0.922. The van der Waals surface area contributed by atoms with Gasteiger partial charge in [-0.15, -0.1) is 5.10 Å². The molecule has 0 bridgehead atoms. The number of hydrogen-bond donors (Lipinski definition) is 1. The molecule has 0 saturated heterocycles. The molecule has 0 radical (unpaired) electrons. The van der Waals surface area contributed by atoms with Gasteiger partial charge in [-0.3, -0.25) is 10.1 Å². The van der Waals surface area contributed by atoms with Crippen LogP contribution >= 0.6 is 0 Å². The van der Waals surface area contributed by atoms with Crippen molar-refractivity contribution < 1.29 is 13.6 Å². The first-order valence-corrected chi connectivity index (χ1v) is 6.04. The number of carbonyl (C=O) groups is 1. The van der Waals surface area contributed by atoms with Gasteiger partial charge < -0.3 is 4.42 Å². The third-order valence-corrected chi connectivity index (χ3v) is 3.01. The summed E-state index contributed by atoms with van der Waals surface area (Å²) in [6.07, 6.45) is 2.10. The number of aryl methyl sites for hydroxylation is 1. The van der Waals surface area contributed by atoms with Gasteiger partial charge >= 0.3 is 6.01 Å². The average molecular weight is 261 g/mol. The number of nitrogens with zero attached hydrogens (tertiary/aromatic N) is 2. The highest BCUT2D eigenvalue weighted by Gasteiger charge is 2.29. The maximum atomic E-state index is 13.1. The van der Waals surface area contributed by atoms with E-state index in [2.05, 4.69) is 15.5 Å². The molecule has 0 spiro atoms. The molecule has 3 rings (SSSR count). The highest BCUT2D eigenvalue weighted by atomic mass is 19.1. The molecule has 1 amide bonds. The predicted octanol–water partition coefficient (Wildman–Crippen LogP) is 2.65. The minimum Gasteiger partial charge on any atom is -0.408 e. The molecule has 1 heterocycles. The first kappa shape index (κ1) is 11.8. The Labute approximate surface area is 108 Å². The second-order valence-corrected chi connectivity index (χ2v) is 4.64. The van der Waals surface area contributed by atoms with E-state index in [1.165, 1.54) is 18.2 Å². The Bertz CT molecular complexity index is 635. The van der Waals surface area contributed by atoms with Crippen LogP contribution in [0.2, 0.25) is 0 Å². The zero-order chi connectivity index (χ0) is 13.4. The highest BCUT2D eigenvalue weighted by molar-refractivity contribution is 6.03. The Morgan fingerprint density at radius 2 is 2.21 bits per heavy atom. The summed E-state index contributed by atoms with van der Waals surface area (Å²) in [6.45, 7) is 1.60. The van der Waals surface area contributed by atoms with Crippen molar-refractivity contribution in [3.63, 3.8) is 0 Å².